The van der Waals surface area contributed by atoms with Gasteiger partial charge in [-0.05, 0) is 12.1 Å². The first-order chi connectivity index (χ1) is 7.20. The lowest BCUT2D eigenvalue weighted by atomic mass is 10.2. The summed E-state index contributed by atoms with van der Waals surface area (Å²) in [4.78, 5) is 8.65. The van der Waals surface area contributed by atoms with Crippen molar-refractivity contribution in [3.8, 4) is 10.6 Å². The standard InChI is InChI=1S/C10H12ClN3S/c1-6(4-12)10-13-5-7(14-10)8-2-3-9(11)15-8/h2-3,5-6H,4,12H2,1H3,(H,13,14). The van der Waals surface area contributed by atoms with Crippen LogP contribution < -0.4 is 5.73 Å². The molecule has 0 radical (unpaired) electrons. The fourth-order valence-corrected chi connectivity index (χ4v) is 2.29. The summed E-state index contributed by atoms with van der Waals surface area (Å²) < 4.78 is 0.785. The molecule has 2 aromatic rings. The van der Waals surface area contributed by atoms with Crippen LogP contribution in [0.15, 0.2) is 18.3 Å². The number of nitrogens with two attached hydrogens (primary N) is 1. The van der Waals surface area contributed by atoms with Crippen LogP contribution in [0.1, 0.15) is 18.7 Å². The van der Waals surface area contributed by atoms with Gasteiger partial charge in [0.1, 0.15) is 5.82 Å². The highest BCUT2D eigenvalue weighted by atomic mass is 35.5. The molecule has 0 fully saturated rings. The molecule has 1 unspecified atom stereocenters. The molecule has 0 aliphatic carbocycles. The molecule has 0 aromatic carbocycles. The number of aromatic amines is 1. The predicted molar refractivity (Wildman–Crippen MR) is 64.4 cm³/mol. The van der Waals surface area contributed by atoms with E-state index in [1.165, 1.54) is 11.3 Å². The highest BCUT2D eigenvalue weighted by Crippen LogP contribution is 2.30. The van der Waals surface area contributed by atoms with Gasteiger partial charge in [-0.15, -0.1) is 11.3 Å². The van der Waals surface area contributed by atoms with E-state index in [0.717, 1.165) is 20.7 Å². The van der Waals surface area contributed by atoms with E-state index >= 15 is 0 Å². The molecule has 2 heterocycles. The van der Waals surface area contributed by atoms with E-state index in [0.29, 0.717) is 6.54 Å². The number of hydrogen-bond donors (Lipinski definition) is 2. The van der Waals surface area contributed by atoms with E-state index in [9.17, 15) is 0 Å². The SMILES string of the molecule is CC(CN)c1ncc(-c2ccc(Cl)s2)[nH]1. The number of nitrogens with one attached hydrogen (secondary N) is 1. The first-order valence-electron chi connectivity index (χ1n) is 4.71. The molecular formula is C10H12ClN3S. The molecule has 15 heavy (non-hydrogen) atoms. The molecule has 2 aromatic heterocycles. The normalized spacial score (nSPS) is 13.0. The average molecular weight is 242 g/mol. The van der Waals surface area contributed by atoms with Crippen molar-refractivity contribution < 1.29 is 0 Å². The third kappa shape index (κ3) is 2.22. The van der Waals surface area contributed by atoms with Gasteiger partial charge in [-0.2, -0.15) is 0 Å². The van der Waals surface area contributed by atoms with Gasteiger partial charge in [-0.25, -0.2) is 4.98 Å². The van der Waals surface area contributed by atoms with E-state index < -0.39 is 0 Å². The van der Waals surface area contributed by atoms with Crippen LogP contribution in [-0.4, -0.2) is 16.5 Å². The Kier molecular flexibility index (Phi) is 3.09. The topological polar surface area (TPSA) is 54.7 Å². The molecule has 0 amide bonds. The lowest BCUT2D eigenvalue weighted by molar-refractivity contribution is 0.725. The third-order valence-electron chi connectivity index (χ3n) is 2.25. The number of rotatable bonds is 3. The van der Waals surface area contributed by atoms with Crippen LogP contribution in [0, 0.1) is 0 Å². The van der Waals surface area contributed by atoms with Crippen molar-refractivity contribution in [2.24, 2.45) is 5.73 Å². The second kappa shape index (κ2) is 4.35. The minimum absolute atomic E-state index is 0.259. The maximum atomic E-state index is 5.87. The van der Waals surface area contributed by atoms with Gasteiger partial charge in [0, 0.05) is 12.5 Å². The monoisotopic (exact) mass is 241 g/mol. The van der Waals surface area contributed by atoms with Crippen LogP contribution in [0.5, 0.6) is 0 Å². The molecule has 2 rings (SSSR count). The number of halogens is 1. The zero-order chi connectivity index (χ0) is 10.8. The maximum absolute atomic E-state index is 5.87. The zero-order valence-corrected chi connectivity index (χ0v) is 9.90. The van der Waals surface area contributed by atoms with Crippen LogP contribution in [-0.2, 0) is 0 Å². The lowest BCUT2D eigenvalue weighted by Gasteiger charge is -2.02. The maximum Gasteiger partial charge on any atom is 0.110 e. The molecule has 3 N–H and O–H groups in total. The van der Waals surface area contributed by atoms with Crippen LogP contribution >= 0.6 is 22.9 Å². The third-order valence-corrected chi connectivity index (χ3v) is 3.52. The predicted octanol–water partition coefficient (Wildman–Crippen LogP) is 2.85. The Morgan fingerprint density at radius 3 is 3.00 bits per heavy atom. The number of imidazole rings is 1. The van der Waals surface area contributed by atoms with Gasteiger partial charge in [-0.1, -0.05) is 18.5 Å². The first-order valence-corrected chi connectivity index (χ1v) is 5.91. The quantitative estimate of drug-likeness (QED) is 0.868. The summed E-state index contributed by atoms with van der Waals surface area (Å²) in [5.74, 6) is 1.19. The van der Waals surface area contributed by atoms with Crippen molar-refractivity contribution in [3.05, 3.63) is 28.5 Å². The van der Waals surface area contributed by atoms with Crippen molar-refractivity contribution in [1.82, 2.24) is 9.97 Å². The van der Waals surface area contributed by atoms with E-state index in [1.54, 1.807) is 0 Å². The minimum atomic E-state index is 0.259. The van der Waals surface area contributed by atoms with Crippen LogP contribution in [0.2, 0.25) is 4.34 Å². The molecule has 0 saturated carbocycles. The number of hydrogen-bond acceptors (Lipinski definition) is 3. The highest BCUT2D eigenvalue weighted by Gasteiger charge is 2.09. The van der Waals surface area contributed by atoms with Crippen LogP contribution in [0.3, 0.4) is 0 Å². The number of nitrogens with zero attached hydrogens (tertiary/aromatic N) is 1. The summed E-state index contributed by atoms with van der Waals surface area (Å²) in [6.45, 7) is 2.64. The van der Waals surface area contributed by atoms with E-state index in [-0.39, 0.29) is 5.92 Å². The van der Waals surface area contributed by atoms with E-state index in [2.05, 4.69) is 9.97 Å². The van der Waals surface area contributed by atoms with Crippen molar-refractivity contribution in [1.29, 1.82) is 0 Å². The van der Waals surface area contributed by atoms with E-state index in [4.69, 9.17) is 17.3 Å². The number of H-pyrrole nitrogens is 1. The molecule has 0 bridgehead atoms. The summed E-state index contributed by atoms with van der Waals surface area (Å²) in [6.07, 6.45) is 1.82. The molecule has 0 aliphatic heterocycles. The minimum Gasteiger partial charge on any atom is -0.341 e. The van der Waals surface area contributed by atoms with E-state index in [1.807, 2.05) is 25.3 Å². The number of thiophene rings is 1. The van der Waals surface area contributed by atoms with Gasteiger partial charge in [0.2, 0.25) is 0 Å². The van der Waals surface area contributed by atoms with Gasteiger partial charge in [0.05, 0.1) is 21.1 Å². The Bertz CT molecular complexity index is 449. The van der Waals surface area contributed by atoms with Gasteiger partial charge >= 0.3 is 0 Å². The number of aromatic nitrogens is 2. The largest absolute Gasteiger partial charge is 0.341 e. The Labute approximate surface area is 97.3 Å². The zero-order valence-electron chi connectivity index (χ0n) is 8.33. The van der Waals surface area contributed by atoms with Crippen LogP contribution in [0.25, 0.3) is 10.6 Å². The summed E-state index contributed by atoms with van der Waals surface area (Å²) in [5.41, 5.74) is 6.58. The molecule has 0 aliphatic rings. The Hall–Kier alpha value is -0.840. The summed E-state index contributed by atoms with van der Waals surface area (Å²) >= 11 is 7.41. The molecular weight excluding hydrogens is 230 g/mol. The average Bonchev–Trinajstić information content (AvgIpc) is 2.84. The highest BCUT2D eigenvalue weighted by molar-refractivity contribution is 7.19. The second-order valence-electron chi connectivity index (χ2n) is 3.42. The van der Waals surface area contributed by atoms with Gasteiger partial charge in [-0.3, -0.25) is 0 Å². The Morgan fingerprint density at radius 2 is 2.40 bits per heavy atom. The molecule has 0 saturated heterocycles. The van der Waals surface area contributed by atoms with Crippen molar-refractivity contribution in [3.63, 3.8) is 0 Å². The van der Waals surface area contributed by atoms with Gasteiger partial charge in [0.25, 0.3) is 0 Å². The molecule has 80 valence electrons. The van der Waals surface area contributed by atoms with Crippen molar-refractivity contribution in [2.75, 3.05) is 6.54 Å². The first kappa shape index (κ1) is 10.7. The Morgan fingerprint density at radius 1 is 1.60 bits per heavy atom. The second-order valence-corrected chi connectivity index (χ2v) is 5.14. The molecule has 1 atom stereocenters. The molecule has 3 nitrogen and oxygen atoms in total. The fraction of sp³-hybridized carbons (Fsp3) is 0.300. The van der Waals surface area contributed by atoms with Crippen LogP contribution in [0.4, 0.5) is 0 Å². The van der Waals surface area contributed by atoms with Crippen molar-refractivity contribution >= 4 is 22.9 Å². The summed E-state index contributed by atoms with van der Waals surface area (Å²) in [7, 11) is 0. The van der Waals surface area contributed by atoms with Gasteiger partial charge in [0.15, 0.2) is 0 Å². The Balaban J connectivity index is 2.27. The lowest BCUT2D eigenvalue weighted by Crippen LogP contribution is -2.10. The summed E-state index contributed by atoms with van der Waals surface area (Å²) in [6, 6.07) is 3.87. The summed E-state index contributed by atoms with van der Waals surface area (Å²) in [5, 5.41) is 0. The molecule has 0 spiro atoms. The molecule has 5 heteroatoms. The van der Waals surface area contributed by atoms with Gasteiger partial charge < -0.3 is 10.7 Å². The van der Waals surface area contributed by atoms with Crippen molar-refractivity contribution in [2.45, 2.75) is 12.8 Å². The fourth-order valence-electron chi connectivity index (χ4n) is 1.28. The smallest absolute Gasteiger partial charge is 0.110 e.